The van der Waals surface area contributed by atoms with Crippen LogP contribution < -0.4 is 0 Å². The summed E-state index contributed by atoms with van der Waals surface area (Å²) in [5.41, 5.74) is 0.861. The van der Waals surface area contributed by atoms with Gasteiger partial charge in [0.1, 0.15) is 0 Å². The molecule has 19 heavy (non-hydrogen) atoms. The number of halogens is 2. The number of amides is 1. The van der Waals surface area contributed by atoms with E-state index in [1.54, 1.807) is 24.1 Å². The van der Waals surface area contributed by atoms with Gasteiger partial charge in [0.15, 0.2) is 0 Å². The lowest BCUT2D eigenvalue weighted by Crippen LogP contribution is -2.40. The van der Waals surface area contributed by atoms with Gasteiger partial charge >= 0.3 is 0 Å². The van der Waals surface area contributed by atoms with Crippen molar-refractivity contribution in [3.05, 3.63) is 33.8 Å². The molecule has 2 rings (SSSR count). The van der Waals surface area contributed by atoms with Gasteiger partial charge in [-0.05, 0) is 36.5 Å². The number of aliphatic hydroxyl groups is 1. The van der Waals surface area contributed by atoms with E-state index in [-0.39, 0.29) is 12.0 Å². The number of likely N-dealkylation sites (N-methyl/N-ethyl adjacent to an activating group) is 1. The zero-order chi connectivity index (χ0) is 14.0. The van der Waals surface area contributed by atoms with Crippen LogP contribution in [0.1, 0.15) is 18.4 Å². The fourth-order valence-electron chi connectivity index (χ4n) is 2.30. The SMILES string of the molecule is CN(CC1CC(O)C1)C(=O)Cc1ccc(Cl)c(Cl)c1. The van der Waals surface area contributed by atoms with Crippen molar-refractivity contribution in [1.82, 2.24) is 4.90 Å². The van der Waals surface area contributed by atoms with Crippen LogP contribution in [0.3, 0.4) is 0 Å². The lowest BCUT2D eigenvalue weighted by atomic mass is 9.82. The minimum Gasteiger partial charge on any atom is -0.393 e. The minimum atomic E-state index is -0.177. The standard InChI is InChI=1S/C14H17Cl2NO2/c1-17(8-10-4-11(18)5-10)14(19)7-9-2-3-12(15)13(16)6-9/h2-3,6,10-11,18H,4-5,7-8H2,1H3. The van der Waals surface area contributed by atoms with Crippen molar-refractivity contribution < 1.29 is 9.90 Å². The lowest BCUT2D eigenvalue weighted by molar-refractivity contribution is -0.130. The first-order valence-electron chi connectivity index (χ1n) is 6.31. The molecule has 0 heterocycles. The highest BCUT2D eigenvalue weighted by atomic mass is 35.5. The van der Waals surface area contributed by atoms with Crippen LogP contribution in [0.4, 0.5) is 0 Å². The van der Waals surface area contributed by atoms with Crippen molar-refractivity contribution in [2.24, 2.45) is 5.92 Å². The Bertz CT molecular complexity index is 473. The summed E-state index contributed by atoms with van der Waals surface area (Å²) in [7, 11) is 1.80. The van der Waals surface area contributed by atoms with Crippen molar-refractivity contribution in [3.8, 4) is 0 Å². The lowest BCUT2D eigenvalue weighted by Gasteiger charge is -2.34. The van der Waals surface area contributed by atoms with Crippen molar-refractivity contribution in [1.29, 1.82) is 0 Å². The summed E-state index contributed by atoms with van der Waals surface area (Å²) < 4.78 is 0. The molecule has 0 atom stereocenters. The van der Waals surface area contributed by atoms with Gasteiger partial charge in [0, 0.05) is 13.6 Å². The molecule has 0 aromatic heterocycles. The van der Waals surface area contributed by atoms with Crippen LogP contribution in [0.2, 0.25) is 10.0 Å². The molecule has 0 saturated heterocycles. The third kappa shape index (κ3) is 3.85. The molecule has 104 valence electrons. The minimum absolute atomic E-state index is 0.0554. The molecular formula is C14H17Cl2NO2. The van der Waals surface area contributed by atoms with Crippen LogP contribution in [-0.4, -0.2) is 35.6 Å². The molecule has 1 aliphatic carbocycles. The van der Waals surface area contributed by atoms with Crippen LogP contribution in [-0.2, 0) is 11.2 Å². The molecule has 0 radical (unpaired) electrons. The van der Waals surface area contributed by atoms with Gasteiger partial charge in [-0.25, -0.2) is 0 Å². The van der Waals surface area contributed by atoms with Crippen molar-refractivity contribution in [2.75, 3.05) is 13.6 Å². The average molecular weight is 302 g/mol. The average Bonchev–Trinajstić information content (AvgIpc) is 2.31. The Morgan fingerprint density at radius 3 is 2.63 bits per heavy atom. The molecule has 1 N–H and O–H groups in total. The van der Waals surface area contributed by atoms with Crippen molar-refractivity contribution in [3.63, 3.8) is 0 Å². The van der Waals surface area contributed by atoms with Crippen LogP contribution in [0.5, 0.6) is 0 Å². The molecule has 0 unspecified atom stereocenters. The zero-order valence-electron chi connectivity index (χ0n) is 10.8. The molecule has 1 aromatic rings. The predicted octanol–water partition coefficient (Wildman–Crippen LogP) is 2.77. The third-order valence-electron chi connectivity index (χ3n) is 3.51. The Balaban J connectivity index is 1.87. The normalized spacial score (nSPS) is 21.9. The number of benzene rings is 1. The molecule has 1 fully saturated rings. The third-order valence-corrected chi connectivity index (χ3v) is 4.25. The summed E-state index contributed by atoms with van der Waals surface area (Å²) >= 11 is 11.8. The quantitative estimate of drug-likeness (QED) is 0.929. The molecule has 3 nitrogen and oxygen atoms in total. The van der Waals surface area contributed by atoms with Gasteiger partial charge in [-0.15, -0.1) is 0 Å². The number of rotatable bonds is 4. The van der Waals surface area contributed by atoms with Crippen molar-refractivity contribution in [2.45, 2.75) is 25.4 Å². The van der Waals surface area contributed by atoms with Gasteiger partial charge in [-0.3, -0.25) is 4.79 Å². The predicted molar refractivity (Wildman–Crippen MR) is 76.5 cm³/mol. The van der Waals surface area contributed by atoms with E-state index in [2.05, 4.69) is 0 Å². The Morgan fingerprint density at radius 2 is 2.05 bits per heavy atom. The first kappa shape index (κ1) is 14.6. The number of hydrogen-bond acceptors (Lipinski definition) is 2. The van der Waals surface area contributed by atoms with E-state index < -0.39 is 0 Å². The molecule has 0 bridgehead atoms. The smallest absolute Gasteiger partial charge is 0.226 e. The second-order valence-corrected chi connectivity index (χ2v) is 6.01. The molecule has 1 saturated carbocycles. The van der Waals surface area contributed by atoms with Gasteiger partial charge < -0.3 is 10.0 Å². The summed E-state index contributed by atoms with van der Waals surface area (Å²) in [5, 5.41) is 10.2. The number of nitrogens with zero attached hydrogens (tertiary/aromatic N) is 1. The summed E-state index contributed by atoms with van der Waals surface area (Å²) in [4.78, 5) is 13.8. The highest BCUT2D eigenvalue weighted by Crippen LogP contribution is 2.28. The summed E-state index contributed by atoms with van der Waals surface area (Å²) in [6, 6.07) is 5.24. The topological polar surface area (TPSA) is 40.5 Å². The van der Waals surface area contributed by atoms with E-state index >= 15 is 0 Å². The molecule has 1 aromatic carbocycles. The van der Waals surface area contributed by atoms with E-state index in [1.165, 1.54) is 0 Å². The second-order valence-electron chi connectivity index (χ2n) is 5.19. The maximum Gasteiger partial charge on any atom is 0.226 e. The van der Waals surface area contributed by atoms with E-state index in [1.807, 2.05) is 6.07 Å². The molecule has 0 spiro atoms. The number of hydrogen-bond donors (Lipinski definition) is 1. The van der Waals surface area contributed by atoms with Gasteiger partial charge in [0.2, 0.25) is 5.91 Å². The number of carbonyl (C=O) groups is 1. The largest absolute Gasteiger partial charge is 0.393 e. The zero-order valence-corrected chi connectivity index (χ0v) is 12.3. The Morgan fingerprint density at radius 1 is 1.37 bits per heavy atom. The number of aliphatic hydroxyl groups excluding tert-OH is 1. The first-order chi connectivity index (χ1) is 8.95. The van der Waals surface area contributed by atoms with Gasteiger partial charge in [-0.1, -0.05) is 29.3 Å². The molecule has 1 amide bonds. The first-order valence-corrected chi connectivity index (χ1v) is 7.07. The molecular weight excluding hydrogens is 285 g/mol. The Kier molecular flexibility index (Phi) is 4.71. The fraction of sp³-hybridized carbons (Fsp3) is 0.500. The Labute approximate surface area is 123 Å². The fourth-order valence-corrected chi connectivity index (χ4v) is 2.62. The molecule has 5 heteroatoms. The van der Waals surface area contributed by atoms with E-state index in [4.69, 9.17) is 23.2 Å². The van der Waals surface area contributed by atoms with Crippen LogP contribution in [0.15, 0.2) is 18.2 Å². The highest BCUT2D eigenvalue weighted by molar-refractivity contribution is 6.42. The van der Waals surface area contributed by atoms with Crippen molar-refractivity contribution >= 4 is 29.1 Å². The van der Waals surface area contributed by atoms with Crippen LogP contribution >= 0.6 is 23.2 Å². The number of carbonyl (C=O) groups excluding carboxylic acids is 1. The summed E-state index contributed by atoms with van der Waals surface area (Å²) in [6.07, 6.45) is 1.74. The van der Waals surface area contributed by atoms with E-state index in [0.717, 1.165) is 18.4 Å². The monoisotopic (exact) mass is 301 g/mol. The molecule has 0 aliphatic heterocycles. The van der Waals surface area contributed by atoms with E-state index in [9.17, 15) is 9.90 Å². The van der Waals surface area contributed by atoms with Crippen LogP contribution in [0.25, 0.3) is 0 Å². The highest BCUT2D eigenvalue weighted by Gasteiger charge is 2.28. The van der Waals surface area contributed by atoms with Gasteiger partial charge in [0.25, 0.3) is 0 Å². The summed E-state index contributed by atoms with van der Waals surface area (Å²) in [5.74, 6) is 0.484. The summed E-state index contributed by atoms with van der Waals surface area (Å²) in [6.45, 7) is 0.706. The second kappa shape index (κ2) is 6.12. The maximum absolute atomic E-state index is 12.1. The van der Waals surface area contributed by atoms with E-state index in [0.29, 0.717) is 28.9 Å². The molecule has 1 aliphatic rings. The van der Waals surface area contributed by atoms with Crippen LogP contribution in [0, 0.1) is 5.92 Å². The van der Waals surface area contributed by atoms with Gasteiger partial charge in [-0.2, -0.15) is 0 Å². The Hall–Kier alpha value is -0.770. The maximum atomic E-state index is 12.1. The van der Waals surface area contributed by atoms with Gasteiger partial charge in [0.05, 0.1) is 22.6 Å².